The van der Waals surface area contributed by atoms with Crippen molar-refractivity contribution in [3.8, 4) is 0 Å². The summed E-state index contributed by atoms with van der Waals surface area (Å²) in [6, 6.07) is 6.75. The van der Waals surface area contributed by atoms with Crippen LogP contribution in [0.1, 0.15) is 19.3 Å². The van der Waals surface area contributed by atoms with Gasteiger partial charge in [-0.15, -0.1) is 0 Å². The predicted octanol–water partition coefficient (Wildman–Crippen LogP) is 1.76. The highest BCUT2D eigenvalue weighted by molar-refractivity contribution is 7.99. The molecule has 1 aromatic rings. The number of nitrogens with zero attached hydrogens (tertiary/aromatic N) is 2. The average molecular weight is 295 g/mol. The minimum absolute atomic E-state index is 0.312. The summed E-state index contributed by atoms with van der Waals surface area (Å²) in [6.45, 7) is 3.56. The molecule has 5 heteroatoms. The van der Waals surface area contributed by atoms with Crippen LogP contribution in [0.4, 0.5) is 5.82 Å². The van der Waals surface area contributed by atoms with Crippen LogP contribution in [0.25, 0.3) is 0 Å². The summed E-state index contributed by atoms with van der Waals surface area (Å²) in [6.07, 6.45) is 5.16. The van der Waals surface area contributed by atoms with Crippen molar-refractivity contribution < 1.29 is 5.11 Å². The zero-order valence-corrected chi connectivity index (χ0v) is 12.8. The summed E-state index contributed by atoms with van der Waals surface area (Å²) in [4.78, 5) is 6.78. The maximum Gasteiger partial charge on any atom is 0.128 e. The lowest BCUT2D eigenvalue weighted by Gasteiger charge is -2.33. The van der Waals surface area contributed by atoms with Gasteiger partial charge in [-0.25, -0.2) is 4.98 Å². The Morgan fingerprint density at radius 2 is 2.15 bits per heavy atom. The fourth-order valence-electron chi connectivity index (χ4n) is 2.46. The Balaban J connectivity index is 1.58. The highest BCUT2D eigenvalue weighted by Crippen LogP contribution is 2.17. The van der Waals surface area contributed by atoms with Crippen LogP contribution in [0.5, 0.6) is 0 Å². The third-order valence-corrected chi connectivity index (χ3v) is 4.66. The van der Waals surface area contributed by atoms with Gasteiger partial charge in [0.2, 0.25) is 0 Å². The van der Waals surface area contributed by atoms with Crippen LogP contribution in [-0.4, -0.2) is 53.9 Å². The Hall–Kier alpha value is -0.780. The summed E-state index contributed by atoms with van der Waals surface area (Å²) >= 11 is 1.92. The summed E-state index contributed by atoms with van der Waals surface area (Å²) in [7, 11) is 0. The summed E-state index contributed by atoms with van der Waals surface area (Å²) in [5.74, 6) is 3.31. The van der Waals surface area contributed by atoms with E-state index < -0.39 is 0 Å². The maximum atomic E-state index is 8.71. The van der Waals surface area contributed by atoms with Gasteiger partial charge in [-0.3, -0.25) is 0 Å². The largest absolute Gasteiger partial charge is 0.396 e. The Morgan fingerprint density at radius 1 is 1.30 bits per heavy atom. The van der Waals surface area contributed by atoms with E-state index in [4.69, 9.17) is 5.11 Å². The standard InChI is InChI=1S/C15H25N3OS/c19-11-3-12-20-13-8-16-14-5-9-18(10-6-14)15-4-1-2-7-17-15/h1-2,4,7,14,16,19H,3,5-6,8-13H2. The van der Waals surface area contributed by atoms with E-state index in [9.17, 15) is 0 Å². The van der Waals surface area contributed by atoms with Crippen molar-refractivity contribution in [2.75, 3.05) is 42.6 Å². The lowest BCUT2D eigenvalue weighted by atomic mass is 10.1. The second kappa shape index (κ2) is 9.21. The van der Waals surface area contributed by atoms with Crippen molar-refractivity contribution in [1.29, 1.82) is 0 Å². The van der Waals surface area contributed by atoms with Crippen molar-refractivity contribution >= 4 is 17.6 Å². The molecule has 0 saturated carbocycles. The van der Waals surface area contributed by atoms with Gasteiger partial charge in [0.1, 0.15) is 5.82 Å². The number of anilines is 1. The smallest absolute Gasteiger partial charge is 0.128 e. The number of nitrogens with one attached hydrogen (secondary N) is 1. The lowest BCUT2D eigenvalue weighted by molar-refractivity contribution is 0.296. The molecule has 0 unspecified atom stereocenters. The van der Waals surface area contributed by atoms with E-state index in [1.165, 1.54) is 12.8 Å². The highest BCUT2D eigenvalue weighted by Gasteiger charge is 2.19. The van der Waals surface area contributed by atoms with E-state index >= 15 is 0 Å². The molecule has 0 amide bonds. The van der Waals surface area contributed by atoms with Crippen molar-refractivity contribution in [1.82, 2.24) is 10.3 Å². The Bertz CT molecular complexity index is 355. The van der Waals surface area contributed by atoms with Gasteiger partial charge in [0.05, 0.1) is 0 Å². The van der Waals surface area contributed by atoms with Crippen LogP contribution in [0, 0.1) is 0 Å². The molecular formula is C15H25N3OS. The minimum Gasteiger partial charge on any atom is -0.396 e. The number of aliphatic hydroxyl groups is 1. The van der Waals surface area contributed by atoms with Crippen LogP contribution >= 0.6 is 11.8 Å². The monoisotopic (exact) mass is 295 g/mol. The molecule has 2 rings (SSSR count). The Morgan fingerprint density at radius 3 is 2.85 bits per heavy atom. The second-order valence-electron chi connectivity index (χ2n) is 5.09. The van der Waals surface area contributed by atoms with Crippen molar-refractivity contribution in [2.24, 2.45) is 0 Å². The van der Waals surface area contributed by atoms with E-state index in [2.05, 4.69) is 27.3 Å². The summed E-state index contributed by atoms with van der Waals surface area (Å²) in [5, 5.41) is 12.3. The molecule has 112 valence electrons. The number of aliphatic hydroxyl groups excluding tert-OH is 1. The number of piperidine rings is 1. The fraction of sp³-hybridized carbons (Fsp3) is 0.667. The van der Waals surface area contributed by atoms with Crippen molar-refractivity contribution in [3.63, 3.8) is 0 Å². The molecule has 1 aliphatic heterocycles. The van der Waals surface area contributed by atoms with Crippen LogP contribution in [0.15, 0.2) is 24.4 Å². The molecule has 20 heavy (non-hydrogen) atoms. The van der Waals surface area contributed by atoms with Gasteiger partial charge in [-0.05, 0) is 37.1 Å². The highest BCUT2D eigenvalue weighted by atomic mass is 32.2. The number of aromatic nitrogens is 1. The first kappa shape index (κ1) is 15.6. The minimum atomic E-state index is 0.312. The van der Waals surface area contributed by atoms with Gasteiger partial charge >= 0.3 is 0 Å². The van der Waals surface area contributed by atoms with Crippen molar-refractivity contribution in [3.05, 3.63) is 24.4 Å². The molecule has 1 fully saturated rings. The van der Waals surface area contributed by atoms with Gasteiger partial charge in [0.15, 0.2) is 0 Å². The summed E-state index contributed by atoms with van der Waals surface area (Å²) in [5.41, 5.74) is 0. The predicted molar refractivity (Wildman–Crippen MR) is 86.5 cm³/mol. The summed E-state index contributed by atoms with van der Waals surface area (Å²) < 4.78 is 0. The molecule has 0 aliphatic carbocycles. The van der Waals surface area contributed by atoms with Gasteiger partial charge in [0, 0.05) is 44.2 Å². The number of hydrogen-bond acceptors (Lipinski definition) is 5. The third-order valence-electron chi connectivity index (χ3n) is 3.59. The zero-order chi connectivity index (χ0) is 14.0. The van der Waals surface area contributed by atoms with Gasteiger partial charge < -0.3 is 15.3 Å². The quantitative estimate of drug-likeness (QED) is 0.716. The molecule has 2 heterocycles. The van der Waals surface area contributed by atoms with E-state index in [1.807, 2.05) is 24.0 Å². The number of rotatable bonds is 8. The molecule has 1 saturated heterocycles. The Labute approximate surface area is 126 Å². The first-order valence-corrected chi connectivity index (χ1v) is 8.63. The molecule has 0 aromatic carbocycles. The molecule has 1 aromatic heterocycles. The number of hydrogen-bond donors (Lipinski definition) is 2. The van der Waals surface area contributed by atoms with Crippen LogP contribution in [-0.2, 0) is 0 Å². The van der Waals surface area contributed by atoms with Gasteiger partial charge in [-0.2, -0.15) is 11.8 Å². The number of pyridine rings is 1. The van der Waals surface area contributed by atoms with Crippen LogP contribution < -0.4 is 10.2 Å². The molecule has 0 bridgehead atoms. The zero-order valence-electron chi connectivity index (χ0n) is 12.0. The van der Waals surface area contributed by atoms with Crippen LogP contribution in [0.3, 0.4) is 0 Å². The second-order valence-corrected chi connectivity index (χ2v) is 6.32. The van der Waals surface area contributed by atoms with E-state index in [1.54, 1.807) is 0 Å². The van der Waals surface area contributed by atoms with E-state index in [0.29, 0.717) is 12.6 Å². The molecule has 4 nitrogen and oxygen atoms in total. The maximum absolute atomic E-state index is 8.71. The molecule has 0 radical (unpaired) electrons. The van der Waals surface area contributed by atoms with E-state index in [-0.39, 0.29) is 0 Å². The van der Waals surface area contributed by atoms with Crippen LogP contribution in [0.2, 0.25) is 0 Å². The molecular weight excluding hydrogens is 270 g/mol. The first-order valence-electron chi connectivity index (χ1n) is 7.48. The molecule has 1 aliphatic rings. The molecule has 0 spiro atoms. The third kappa shape index (κ3) is 5.31. The number of thioether (sulfide) groups is 1. The molecule has 2 N–H and O–H groups in total. The van der Waals surface area contributed by atoms with Crippen molar-refractivity contribution in [2.45, 2.75) is 25.3 Å². The fourth-order valence-corrected chi connectivity index (χ4v) is 3.26. The molecule has 0 atom stereocenters. The topological polar surface area (TPSA) is 48.4 Å². The van der Waals surface area contributed by atoms with Gasteiger partial charge in [-0.1, -0.05) is 6.07 Å². The lowest BCUT2D eigenvalue weighted by Crippen LogP contribution is -2.43. The first-order chi connectivity index (χ1) is 9.90. The Kier molecular flexibility index (Phi) is 7.19. The normalized spacial score (nSPS) is 16.6. The van der Waals surface area contributed by atoms with E-state index in [0.717, 1.165) is 43.4 Å². The average Bonchev–Trinajstić information content (AvgIpc) is 2.52. The van der Waals surface area contributed by atoms with Gasteiger partial charge in [0.25, 0.3) is 0 Å². The SMILES string of the molecule is OCCCSCCNC1CCN(c2ccccn2)CC1.